The van der Waals surface area contributed by atoms with Crippen LogP contribution in [-0.4, -0.2) is 72.2 Å². The van der Waals surface area contributed by atoms with Crippen LogP contribution in [0.1, 0.15) is 38.2 Å². The van der Waals surface area contributed by atoms with Crippen LogP contribution in [0.5, 0.6) is 11.5 Å². The number of nitrogens with one attached hydrogen (secondary N) is 1. The lowest BCUT2D eigenvalue weighted by Crippen LogP contribution is -2.58. The highest BCUT2D eigenvalue weighted by Gasteiger charge is 2.34. The van der Waals surface area contributed by atoms with Gasteiger partial charge in [0, 0.05) is 36.9 Å². The second kappa shape index (κ2) is 10.7. The first-order valence-electron chi connectivity index (χ1n) is 12.3. The largest absolute Gasteiger partial charge is 0.493 e. The van der Waals surface area contributed by atoms with Gasteiger partial charge in [-0.05, 0) is 57.5 Å². The summed E-state index contributed by atoms with van der Waals surface area (Å²) in [5, 5.41) is 7.83. The molecule has 1 saturated heterocycles. The number of ether oxygens (including phenoxy) is 3. The Kier molecular flexibility index (Phi) is 7.66. The third-order valence-corrected chi connectivity index (χ3v) is 6.60. The molecule has 0 aliphatic carbocycles. The Bertz CT molecular complexity index is 1180. The van der Waals surface area contributed by atoms with Crippen LogP contribution in [0.25, 0.3) is 16.8 Å². The van der Waals surface area contributed by atoms with Crippen LogP contribution in [0.3, 0.4) is 0 Å². The molecular weight excluding hydrogens is 456 g/mol. The van der Waals surface area contributed by atoms with E-state index in [1.54, 1.807) is 18.9 Å². The van der Waals surface area contributed by atoms with Crippen LogP contribution in [0.15, 0.2) is 54.7 Å². The summed E-state index contributed by atoms with van der Waals surface area (Å²) in [5.74, 6) is 0.987. The molecule has 0 bridgehead atoms. The van der Waals surface area contributed by atoms with Gasteiger partial charge >= 0.3 is 0 Å². The molecule has 0 spiro atoms. The summed E-state index contributed by atoms with van der Waals surface area (Å²) in [6.07, 6.45) is 2.19. The maximum absolute atomic E-state index is 13.5. The van der Waals surface area contributed by atoms with Crippen molar-refractivity contribution in [1.82, 2.24) is 20.0 Å². The Balaban J connectivity index is 1.63. The lowest BCUT2D eigenvalue weighted by Gasteiger charge is -2.45. The fourth-order valence-electron chi connectivity index (χ4n) is 4.63. The van der Waals surface area contributed by atoms with E-state index in [9.17, 15) is 4.79 Å². The molecule has 0 radical (unpaired) electrons. The zero-order valence-electron chi connectivity index (χ0n) is 21.9. The van der Waals surface area contributed by atoms with E-state index < -0.39 is 0 Å². The second-order valence-corrected chi connectivity index (χ2v) is 9.90. The smallest absolute Gasteiger partial charge is 0.272 e. The molecule has 2 atom stereocenters. The van der Waals surface area contributed by atoms with Crippen molar-refractivity contribution in [1.29, 1.82) is 0 Å². The predicted molar refractivity (Wildman–Crippen MR) is 140 cm³/mol. The number of rotatable bonds is 8. The van der Waals surface area contributed by atoms with Gasteiger partial charge in [-0.15, -0.1) is 0 Å². The second-order valence-electron chi connectivity index (χ2n) is 9.90. The highest BCUT2D eigenvalue weighted by molar-refractivity contribution is 5.99. The van der Waals surface area contributed by atoms with Crippen molar-refractivity contribution < 1.29 is 19.0 Å². The molecule has 36 heavy (non-hydrogen) atoms. The number of amides is 1. The van der Waals surface area contributed by atoms with Gasteiger partial charge in [0.1, 0.15) is 0 Å². The number of carbonyl (C=O) groups excluding carboxylic acids is 1. The van der Waals surface area contributed by atoms with Crippen molar-refractivity contribution >= 4 is 5.91 Å². The van der Waals surface area contributed by atoms with Gasteiger partial charge in [-0.3, -0.25) is 9.69 Å². The number of morpholine rings is 1. The normalized spacial score (nSPS) is 18.6. The Labute approximate surface area is 213 Å². The molecule has 0 saturated carbocycles. The average molecular weight is 493 g/mol. The summed E-state index contributed by atoms with van der Waals surface area (Å²) in [6, 6.07) is 15.4. The van der Waals surface area contributed by atoms with E-state index in [4.69, 9.17) is 19.3 Å². The number of aromatic nitrogens is 2. The van der Waals surface area contributed by atoms with E-state index in [2.05, 4.69) is 37.9 Å². The lowest BCUT2D eigenvalue weighted by atomic mass is 9.99. The van der Waals surface area contributed by atoms with Crippen LogP contribution in [-0.2, 0) is 4.74 Å². The summed E-state index contributed by atoms with van der Waals surface area (Å²) in [5.41, 5.74) is 2.51. The zero-order chi connectivity index (χ0) is 25.9. The number of hydrogen-bond acceptors (Lipinski definition) is 6. The molecule has 3 aromatic rings. The molecule has 192 valence electrons. The minimum Gasteiger partial charge on any atom is -0.493 e. The highest BCUT2D eigenvalue weighted by Crippen LogP contribution is 2.34. The molecule has 2 unspecified atom stereocenters. The summed E-state index contributed by atoms with van der Waals surface area (Å²) in [4.78, 5) is 15.9. The molecule has 1 fully saturated rings. The first-order chi connectivity index (χ1) is 17.2. The van der Waals surface area contributed by atoms with Crippen molar-refractivity contribution in [3.8, 4) is 28.3 Å². The molecule has 2 heterocycles. The van der Waals surface area contributed by atoms with E-state index in [-0.39, 0.29) is 23.7 Å². The Morgan fingerprint density at radius 3 is 2.36 bits per heavy atom. The van der Waals surface area contributed by atoms with Gasteiger partial charge in [0.15, 0.2) is 17.2 Å². The average Bonchev–Trinajstić information content (AvgIpc) is 3.32. The fraction of sp³-hybridized carbons (Fsp3) is 0.429. The molecule has 1 amide bonds. The molecule has 2 aromatic carbocycles. The molecular formula is C28H36N4O4. The van der Waals surface area contributed by atoms with Gasteiger partial charge < -0.3 is 19.5 Å². The quantitative estimate of drug-likeness (QED) is 0.509. The zero-order valence-corrected chi connectivity index (χ0v) is 21.9. The minimum absolute atomic E-state index is 0.155. The van der Waals surface area contributed by atoms with Gasteiger partial charge in [-0.25, -0.2) is 4.68 Å². The summed E-state index contributed by atoms with van der Waals surface area (Å²) in [6.45, 7) is 10.6. The molecule has 1 N–H and O–H groups in total. The Morgan fingerprint density at radius 1 is 1.06 bits per heavy atom. The number of para-hydroxylation sites is 1. The maximum atomic E-state index is 13.5. The molecule has 1 aromatic heterocycles. The number of nitrogens with zero attached hydrogens (tertiary/aromatic N) is 3. The van der Waals surface area contributed by atoms with E-state index in [0.717, 1.165) is 24.3 Å². The summed E-state index contributed by atoms with van der Waals surface area (Å²) in [7, 11) is 3.19. The standard InChI is InChI=1S/C28H36N4O4/c1-19-15-31(16-20(2)36-19)28(3,4)18-29-27(33)26-23(17-32(30-26)22-10-8-7-9-11-22)21-12-13-24(34-5)25(14-21)35-6/h7-14,17,19-20H,15-16,18H2,1-6H3,(H,29,33). The van der Waals surface area contributed by atoms with Crippen molar-refractivity contribution in [2.45, 2.75) is 45.4 Å². The third-order valence-electron chi connectivity index (χ3n) is 6.60. The Hall–Kier alpha value is -3.36. The molecule has 1 aliphatic heterocycles. The SMILES string of the molecule is COc1ccc(-c2cn(-c3ccccc3)nc2C(=O)NCC(C)(C)N2CC(C)OC(C)C2)cc1OC. The number of hydrogen-bond donors (Lipinski definition) is 1. The highest BCUT2D eigenvalue weighted by atomic mass is 16.5. The van der Waals surface area contributed by atoms with Crippen molar-refractivity contribution in [3.05, 3.63) is 60.4 Å². The minimum atomic E-state index is -0.243. The van der Waals surface area contributed by atoms with E-state index in [1.165, 1.54) is 0 Å². The molecule has 1 aliphatic rings. The van der Waals surface area contributed by atoms with Crippen molar-refractivity contribution in [3.63, 3.8) is 0 Å². The third kappa shape index (κ3) is 5.55. The lowest BCUT2D eigenvalue weighted by molar-refractivity contribution is -0.0948. The van der Waals surface area contributed by atoms with Crippen molar-refractivity contribution in [2.75, 3.05) is 33.9 Å². The van der Waals surface area contributed by atoms with Gasteiger partial charge in [0.25, 0.3) is 5.91 Å². The number of carbonyl (C=O) groups is 1. The maximum Gasteiger partial charge on any atom is 0.272 e. The van der Waals surface area contributed by atoms with Crippen molar-refractivity contribution in [2.24, 2.45) is 0 Å². The van der Waals surface area contributed by atoms with Crippen LogP contribution in [0.4, 0.5) is 0 Å². The number of methoxy groups -OCH3 is 2. The summed E-state index contributed by atoms with van der Waals surface area (Å²) < 4.78 is 18.5. The predicted octanol–water partition coefficient (Wildman–Crippen LogP) is 4.17. The van der Waals surface area contributed by atoms with Gasteiger partial charge in [0.05, 0.1) is 32.1 Å². The van der Waals surface area contributed by atoms with Gasteiger partial charge in [-0.1, -0.05) is 24.3 Å². The van der Waals surface area contributed by atoms with E-state index >= 15 is 0 Å². The molecule has 4 rings (SSSR count). The van der Waals surface area contributed by atoms with Gasteiger partial charge in [-0.2, -0.15) is 5.10 Å². The Morgan fingerprint density at radius 2 is 1.72 bits per heavy atom. The fourth-order valence-corrected chi connectivity index (χ4v) is 4.63. The first-order valence-corrected chi connectivity index (χ1v) is 12.3. The topological polar surface area (TPSA) is 77.9 Å². The molecule has 8 heteroatoms. The van der Waals surface area contributed by atoms with Gasteiger partial charge in [0.2, 0.25) is 0 Å². The van der Waals surface area contributed by atoms with E-state index in [1.807, 2.05) is 54.7 Å². The van der Waals surface area contributed by atoms with Crippen LogP contribution in [0, 0.1) is 0 Å². The van der Waals surface area contributed by atoms with E-state index in [0.29, 0.717) is 29.3 Å². The first kappa shape index (κ1) is 25.7. The number of benzene rings is 2. The molecule has 8 nitrogen and oxygen atoms in total. The van der Waals surface area contributed by atoms with Crippen LogP contribution >= 0.6 is 0 Å². The van der Waals surface area contributed by atoms with Crippen LogP contribution in [0.2, 0.25) is 0 Å². The summed E-state index contributed by atoms with van der Waals surface area (Å²) >= 11 is 0. The van der Waals surface area contributed by atoms with Crippen LogP contribution < -0.4 is 14.8 Å². The monoisotopic (exact) mass is 492 g/mol.